The third kappa shape index (κ3) is 6.19. The predicted octanol–water partition coefficient (Wildman–Crippen LogP) is 3.82. The number of likely N-dealkylation sites (N-methyl/N-ethyl adjacent to an activating group) is 1. The van der Waals surface area contributed by atoms with Crippen molar-refractivity contribution in [3.63, 3.8) is 0 Å². The Morgan fingerprint density at radius 1 is 1.23 bits per heavy atom. The minimum absolute atomic E-state index is 0.0227. The molecular formula is C23H28Cl2N2O3. The van der Waals surface area contributed by atoms with Crippen molar-refractivity contribution in [2.45, 2.75) is 25.0 Å². The van der Waals surface area contributed by atoms with Crippen molar-refractivity contribution in [2.24, 2.45) is 0 Å². The number of carbonyl (C=O) groups is 1. The van der Waals surface area contributed by atoms with Crippen LogP contribution in [0.4, 0.5) is 0 Å². The molecule has 1 fully saturated rings. The number of halogens is 2. The van der Waals surface area contributed by atoms with Crippen LogP contribution in [0.3, 0.4) is 0 Å². The van der Waals surface area contributed by atoms with Crippen LogP contribution >= 0.6 is 23.2 Å². The molecule has 0 unspecified atom stereocenters. The van der Waals surface area contributed by atoms with Gasteiger partial charge in [-0.3, -0.25) is 9.69 Å². The third-order valence-corrected chi connectivity index (χ3v) is 6.23. The Bertz CT molecular complexity index is 834. The van der Waals surface area contributed by atoms with Crippen LogP contribution in [0.5, 0.6) is 0 Å². The van der Waals surface area contributed by atoms with Gasteiger partial charge in [-0.15, -0.1) is 0 Å². The van der Waals surface area contributed by atoms with Crippen LogP contribution < -0.4 is 0 Å². The van der Waals surface area contributed by atoms with Crippen molar-refractivity contribution in [2.75, 3.05) is 39.9 Å². The van der Waals surface area contributed by atoms with E-state index in [-0.39, 0.29) is 31.1 Å². The van der Waals surface area contributed by atoms with E-state index < -0.39 is 0 Å². The van der Waals surface area contributed by atoms with E-state index in [4.69, 9.17) is 33.0 Å². The van der Waals surface area contributed by atoms with E-state index in [0.717, 1.165) is 37.2 Å². The molecule has 1 N–H and O–H groups in total. The van der Waals surface area contributed by atoms with Crippen LogP contribution in [0.25, 0.3) is 0 Å². The molecule has 0 aromatic heterocycles. The maximum absolute atomic E-state index is 13.1. The number of rotatable bonds is 9. The summed E-state index contributed by atoms with van der Waals surface area (Å²) in [5.41, 5.74) is 1.94. The molecule has 0 saturated carbocycles. The number of amides is 1. The molecule has 2 aromatic carbocycles. The van der Waals surface area contributed by atoms with Gasteiger partial charge in [-0.05, 0) is 29.7 Å². The van der Waals surface area contributed by atoms with Gasteiger partial charge in [-0.2, -0.15) is 0 Å². The molecule has 2 atom stereocenters. The molecule has 5 nitrogen and oxygen atoms in total. The molecule has 2 aromatic rings. The number of carbonyl (C=O) groups excluding carboxylic acids is 1. The first kappa shape index (κ1) is 23.0. The normalized spacial score (nSPS) is 17.8. The average molecular weight is 451 g/mol. The Kier molecular flexibility index (Phi) is 8.54. The number of benzene rings is 2. The summed E-state index contributed by atoms with van der Waals surface area (Å²) in [6, 6.07) is 15.3. The zero-order chi connectivity index (χ0) is 21.5. The van der Waals surface area contributed by atoms with Crippen molar-refractivity contribution in [3.05, 3.63) is 69.7 Å². The van der Waals surface area contributed by atoms with E-state index >= 15 is 0 Å². The molecule has 162 valence electrons. The number of likely N-dealkylation sites (tertiary alicyclic amines) is 1. The Balaban J connectivity index is 1.70. The largest absolute Gasteiger partial charge is 0.394 e. The van der Waals surface area contributed by atoms with E-state index in [1.807, 2.05) is 36.2 Å². The Morgan fingerprint density at radius 3 is 2.70 bits per heavy atom. The second-order valence-corrected chi connectivity index (χ2v) is 8.44. The lowest BCUT2D eigenvalue weighted by molar-refractivity contribution is -0.131. The van der Waals surface area contributed by atoms with Crippen molar-refractivity contribution >= 4 is 29.1 Å². The number of aliphatic hydroxyl groups is 1. The lowest BCUT2D eigenvalue weighted by Crippen LogP contribution is -2.39. The molecule has 0 bridgehead atoms. The molecule has 1 aliphatic heterocycles. The van der Waals surface area contributed by atoms with Crippen molar-refractivity contribution < 1.29 is 14.6 Å². The van der Waals surface area contributed by atoms with Gasteiger partial charge < -0.3 is 14.7 Å². The van der Waals surface area contributed by atoms with Gasteiger partial charge in [0.2, 0.25) is 5.91 Å². The standard InChI is InChI=1S/C23H28Cl2N2O3/c1-26(23(29)14-17-7-8-20(24)21(25)13-17)22(18-5-3-2-4-6-18)16-27-10-9-19(15-27)30-12-11-28/h2-8,13,19,22,28H,9-12,14-16H2,1H3/t19-,22+/m0/s1. The van der Waals surface area contributed by atoms with Gasteiger partial charge in [0.25, 0.3) is 0 Å². The van der Waals surface area contributed by atoms with Crippen LogP contribution in [0.2, 0.25) is 10.0 Å². The Morgan fingerprint density at radius 2 is 2.00 bits per heavy atom. The monoisotopic (exact) mass is 450 g/mol. The van der Waals surface area contributed by atoms with Crippen molar-refractivity contribution in [3.8, 4) is 0 Å². The molecule has 3 rings (SSSR count). The van der Waals surface area contributed by atoms with Crippen LogP contribution in [0.1, 0.15) is 23.6 Å². The van der Waals surface area contributed by atoms with Gasteiger partial charge in [0, 0.05) is 26.7 Å². The molecule has 30 heavy (non-hydrogen) atoms. The summed E-state index contributed by atoms with van der Waals surface area (Å²) < 4.78 is 5.68. The van der Waals surface area contributed by atoms with Gasteiger partial charge in [0.1, 0.15) is 0 Å². The summed E-state index contributed by atoms with van der Waals surface area (Å²) in [4.78, 5) is 17.2. The summed E-state index contributed by atoms with van der Waals surface area (Å²) in [6.45, 7) is 2.84. The first-order valence-electron chi connectivity index (χ1n) is 10.2. The third-order valence-electron chi connectivity index (χ3n) is 5.49. The average Bonchev–Trinajstić information content (AvgIpc) is 3.20. The van der Waals surface area contributed by atoms with Gasteiger partial charge in [-0.25, -0.2) is 0 Å². The summed E-state index contributed by atoms with van der Waals surface area (Å²) >= 11 is 12.1. The molecule has 0 spiro atoms. The molecule has 0 radical (unpaired) electrons. The van der Waals surface area contributed by atoms with E-state index in [0.29, 0.717) is 16.7 Å². The maximum Gasteiger partial charge on any atom is 0.227 e. The second kappa shape index (κ2) is 11.1. The van der Waals surface area contributed by atoms with Crippen LogP contribution in [0, 0.1) is 0 Å². The summed E-state index contributed by atoms with van der Waals surface area (Å²) in [5.74, 6) is 0.0227. The van der Waals surface area contributed by atoms with E-state index in [9.17, 15) is 4.79 Å². The highest BCUT2D eigenvalue weighted by atomic mass is 35.5. The zero-order valence-corrected chi connectivity index (χ0v) is 18.6. The van der Waals surface area contributed by atoms with Crippen LogP contribution in [-0.4, -0.2) is 66.8 Å². The van der Waals surface area contributed by atoms with Crippen molar-refractivity contribution in [1.82, 2.24) is 9.80 Å². The molecule has 1 aliphatic rings. The Hall–Kier alpha value is -1.63. The van der Waals surface area contributed by atoms with E-state index in [2.05, 4.69) is 17.0 Å². The fourth-order valence-electron chi connectivity index (χ4n) is 3.81. The molecule has 1 heterocycles. The quantitative estimate of drug-likeness (QED) is 0.630. The molecule has 0 aliphatic carbocycles. The lowest BCUT2D eigenvalue weighted by atomic mass is 10.0. The van der Waals surface area contributed by atoms with E-state index in [1.54, 1.807) is 12.1 Å². The predicted molar refractivity (Wildman–Crippen MR) is 120 cm³/mol. The number of nitrogens with zero attached hydrogens (tertiary/aromatic N) is 2. The van der Waals surface area contributed by atoms with Gasteiger partial charge >= 0.3 is 0 Å². The highest BCUT2D eigenvalue weighted by Crippen LogP contribution is 2.26. The summed E-state index contributed by atoms with van der Waals surface area (Å²) in [6.07, 6.45) is 1.33. The van der Waals surface area contributed by atoms with Crippen LogP contribution in [0.15, 0.2) is 48.5 Å². The minimum atomic E-state index is -0.0712. The minimum Gasteiger partial charge on any atom is -0.394 e. The number of hydrogen-bond acceptors (Lipinski definition) is 4. The first-order chi connectivity index (χ1) is 14.5. The fraction of sp³-hybridized carbons (Fsp3) is 0.435. The highest BCUT2D eigenvalue weighted by molar-refractivity contribution is 6.42. The van der Waals surface area contributed by atoms with Gasteiger partial charge in [0.15, 0.2) is 0 Å². The zero-order valence-electron chi connectivity index (χ0n) is 17.1. The Labute approximate surface area is 188 Å². The second-order valence-electron chi connectivity index (χ2n) is 7.62. The van der Waals surface area contributed by atoms with Crippen LogP contribution in [-0.2, 0) is 16.0 Å². The number of ether oxygens (including phenoxy) is 1. The first-order valence-corrected chi connectivity index (χ1v) is 10.9. The molecule has 7 heteroatoms. The highest BCUT2D eigenvalue weighted by Gasteiger charge is 2.29. The fourth-order valence-corrected chi connectivity index (χ4v) is 4.13. The number of hydrogen-bond donors (Lipinski definition) is 1. The number of aliphatic hydroxyl groups excluding tert-OH is 1. The topological polar surface area (TPSA) is 53.0 Å². The van der Waals surface area contributed by atoms with Gasteiger partial charge in [0.05, 0.1) is 41.8 Å². The lowest BCUT2D eigenvalue weighted by Gasteiger charge is -2.32. The molecule has 1 saturated heterocycles. The van der Waals surface area contributed by atoms with Gasteiger partial charge in [-0.1, -0.05) is 59.6 Å². The molecular weight excluding hydrogens is 423 g/mol. The summed E-state index contributed by atoms with van der Waals surface area (Å²) in [7, 11) is 1.85. The maximum atomic E-state index is 13.1. The van der Waals surface area contributed by atoms with Crippen molar-refractivity contribution in [1.29, 1.82) is 0 Å². The SMILES string of the molecule is CN(C(=O)Cc1ccc(Cl)c(Cl)c1)[C@H](CN1CC[C@H](OCCO)C1)c1ccccc1. The summed E-state index contributed by atoms with van der Waals surface area (Å²) in [5, 5.41) is 9.91. The smallest absolute Gasteiger partial charge is 0.227 e. The van der Waals surface area contributed by atoms with E-state index in [1.165, 1.54) is 0 Å². The molecule has 1 amide bonds.